The second-order valence-electron chi connectivity index (χ2n) is 3.04. The molecule has 0 spiro atoms. The lowest BCUT2D eigenvalue weighted by Gasteiger charge is -2.08. The largest absolute Gasteiger partial charge is 0.318 e. The summed E-state index contributed by atoms with van der Waals surface area (Å²) in [7, 11) is 1.99. The molecule has 1 aliphatic rings. The van der Waals surface area contributed by atoms with Crippen LogP contribution in [0.5, 0.6) is 0 Å². The van der Waals surface area contributed by atoms with Gasteiger partial charge in [-0.3, -0.25) is 0 Å². The highest BCUT2D eigenvalue weighted by Gasteiger charge is 2.13. The Kier molecular flexibility index (Phi) is 4.99. The van der Waals surface area contributed by atoms with Gasteiger partial charge in [0.15, 0.2) is 0 Å². The Morgan fingerprint density at radius 3 is 3.00 bits per heavy atom. The van der Waals surface area contributed by atoms with Crippen LogP contribution in [0.25, 0.3) is 0 Å². The van der Waals surface area contributed by atoms with Crippen molar-refractivity contribution >= 4 is 11.8 Å². The monoisotopic (exact) mass is 174 g/mol. The topological polar surface area (TPSA) is 24.1 Å². The van der Waals surface area contributed by atoms with Gasteiger partial charge in [0.1, 0.15) is 0 Å². The third-order valence-corrected chi connectivity index (χ3v) is 3.24. The molecule has 3 heteroatoms. The fraction of sp³-hybridized carbons (Fsp3) is 1.00. The molecule has 0 radical (unpaired) electrons. The molecule has 1 rings (SSSR count). The fourth-order valence-corrected chi connectivity index (χ4v) is 2.55. The summed E-state index contributed by atoms with van der Waals surface area (Å²) in [6.07, 6.45) is 1.41. The van der Waals surface area contributed by atoms with Crippen LogP contribution in [-0.4, -0.2) is 38.2 Å². The van der Waals surface area contributed by atoms with E-state index in [0.717, 1.165) is 19.0 Å². The van der Waals surface area contributed by atoms with Crippen LogP contribution >= 0.6 is 11.8 Å². The lowest BCUT2D eigenvalue weighted by molar-refractivity contribution is 0.520. The third-order valence-electron chi connectivity index (χ3n) is 2.01. The zero-order chi connectivity index (χ0) is 7.94. The Morgan fingerprint density at radius 1 is 1.45 bits per heavy atom. The average molecular weight is 174 g/mol. The Morgan fingerprint density at radius 2 is 2.36 bits per heavy atom. The number of likely N-dealkylation sites (N-methyl/N-ethyl adjacent to an activating group) is 1. The average Bonchev–Trinajstić information content (AvgIpc) is 2.50. The summed E-state index contributed by atoms with van der Waals surface area (Å²) in [5.41, 5.74) is 0. The lowest BCUT2D eigenvalue weighted by atomic mass is 10.1. The van der Waals surface area contributed by atoms with E-state index in [1.54, 1.807) is 0 Å². The van der Waals surface area contributed by atoms with Gasteiger partial charge in [0.2, 0.25) is 0 Å². The minimum atomic E-state index is 0.942. The first kappa shape index (κ1) is 9.36. The summed E-state index contributed by atoms with van der Waals surface area (Å²) in [5, 5.41) is 6.58. The van der Waals surface area contributed by atoms with Crippen LogP contribution in [-0.2, 0) is 0 Å². The van der Waals surface area contributed by atoms with E-state index in [0.29, 0.717) is 0 Å². The fourth-order valence-electron chi connectivity index (χ4n) is 1.26. The Labute approximate surface area is 73.5 Å². The van der Waals surface area contributed by atoms with E-state index in [9.17, 15) is 0 Å². The van der Waals surface area contributed by atoms with Crippen LogP contribution in [0.3, 0.4) is 0 Å². The molecule has 1 fully saturated rings. The summed E-state index contributed by atoms with van der Waals surface area (Å²) in [6, 6.07) is 0. The molecule has 1 heterocycles. The van der Waals surface area contributed by atoms with Gasteiger partial charge in [-0.05, 0) is 37.4 Å². The molecule has 0 aromatic rings. The molecule has 0 aromatic carbocycles. The standard InChI is InChI=1S/C8H18N2S/c1-9-3-4-10-6-8-2-5-11-7-8/h8-10H,2-7H2,1H3. The minimum absolute atomic E-state index is 0.942. The van der Waals surface area contributed by atoms with Crippen molar-refractivity contribution in [1.82, 2.24) is 10.6 Å². The van der Waals surface area contributed by atoms with Crippen molar-refractivity contribution in [2.75, 3.05) is 38.2 Å². The van der Waals surface area contributed by atoms with Gasteiger partial charge in [-0.15, -0.1) is 0 Å². The van der Waals surface area contributed by atoms with Crippen molar-refractivity contribution in [3.05, 3.63) is 0 Å². The van der Waals surface area contributed by atoms with Crippen molar-refractivity contribution in [2.45, 2.75) is 6.42 Å². The Balaban J connectivity index is 1.86. The second kappa shape index (κ2) is 5.86. The number of rotatable bonds is 5. The summed E-state index contributed by atoms with van der Waals surface area (Å²) in [5.74, 6) is 3.68. The molecular weight excluding hydrogens is 156 g/mol. The van der Waals surface area contributed by atoms with Crippen LogP contribution in [0.15, 0.2) is 0 Å². The summed E-state index contributed by atoms with van der Waals surface area (Å²) in [6.45, 7) is 3.41. The highest BCUT2D eigenvalue weighted by molar-refractivity contribution is 7.99. The van der Waals surface area contributed by atoms with Gasteiger partial charge < -0.3 is 10.6 Å². The van der Waals surface area contributed by atoms with E-state index < -0.39 is 0 Å². The molecule has 0 amide bonds. The summed E-state index contributed by atoms with van der Waals surface area (Å²) in [4.78, 5) is 0. The molecule has 0 aromatic heterocycles. The van der Waals surface area contributed by atoms with Gasteiger partial charge in [-0.2, -0.15) is 11.8 Å². The van der Waals surface area contributed by atoms with Gasteiger partial charge >= 0.3 is 0 Å². The van der Waals surface area contributed by atoms with E-state index >= 15 is 0 Å². The van der Waals surface area contributed by atoms with E-state index in [-0.39, 0.29) is 0 Å². The normalized spacial score (nSPS) is 24.3. The molecule has 0 aliphatic carbocycles. The quantitative estimate of drug-likeness (QED) is 0.595. The molecule has 1 saturated heterocycles. The predicted octanol–water partition coefficient (Wildman–Crippen LogP) is 0.548. The predicted molar refractivity (Wildman–Crippen MR) is 52.2 cm³/mol. The van der Waals surface area contributed by atoms with Gasteiger partial charge in [-0.1, -0.05) is 0 Å². The molecule has 1 atom stereocenters. The first-order valence-corrected chi connectivity index (χ1v) is 5.52. The Bertz CT molecular complexity index is 92.1. The smallest absolute Gasteiger partial charge is 0.00767 e. The van der Waals surface area contributed by atoms with Gasteiger partial charge in [0, 0.05) is 13.1 Å². The molecule has 0 bridgehead atoms. The zero-order valence-electron chi connectivity index (χ0n) is 7.23. The van der Waals surface area contributed by atoms with Crippen LogP contribution < -0.4 is 10.6 Å². The maximum atomic E-state index is 3.45. The molecular formula is C8H18N2S. The lowest BCUT2D eigenvalue weighted by Crippen LogP contribution is -2.29. The Hall–Kier alpha value is 0.270. The van der Waals surface area contributed by atoms with Crippen LogP contribution in [0, 0.1) is 5.92 Å². The highest BCUT2D eigenvalue weighted by atomic mass is 32.2. The third kappa shape index (κ3) is 3.99. The molecule has 2 nitrogen and oxygen atoms in total. The van der Waals surface area contributed by atoms with Crippen molar-refractivity contribution in [2.24, 2.45) is 5.92 Å². The van der Waals surface area contributed by atoms with Crippen molar-refractivity contribution in [1.29, 1.82) is 0 Å². The molecule has 11 heavy (non-hydrogen) atoms. The van der Waals surface area contributed by atoms with Gasteiger partial charge in [0.25, 0.3) is 0 Å². The number of hydrogen-bond acceptors (Lipinski definition) is 3. The summed E-state index contributed by atoms with van der Waals surface area (Å²) < 4.78 is 0. The van der Waals surface area contributed by atoms with E-state index in [1.807, 2.05) is 7.05 Å². The molecule has 1 aliphatic heterocycles. The molecule has 1 unspecified atom stereocenters. The van der Waals surface area contributed by atoms with E-state index in [2.05, 4.69) is 22.4 Å². The van der Waals surface area contributed by atoms with Crippen LogP contribution in [0.4, 0.5) is 0 Å². The molecule has 66 valence electrons. The summed E-state index contributed by atoms with van der Waals surface area (Å²) >= 11 is 2.09. The van der Waals surface area contributed by atoms with Crippen LogP contribution in [0.1, 0.15) is 6.42 Å². The van der Waals surface area contributed by atoms with Gasteiger partial charge in [0.05, 0.1) is 0 Å². The van der Waals surface area contributed by atoms with Gasteiger partial charge in [-0.25, -0.2) is 0 Å². The maximum Gasteiger partial charge on any atom is 0.00767 e. The van der Waals surface area contributed by atoms with Crippen LogP contribution in [0.2, 0.25) is 0 Å². The van der Waals surface area contributed by atoms with Crippen molar-refractivity contribution < 1.29 is 0 Å². The van der Waals surface area contributed by atoms with Crippen molar-refractivity contribution in [3.8, 4) is 0 Å². The number of thioether (sulfide) groups is 1. The van der Waals surface area contributed by atoms with Crippen molar-refractivity contribution in [3.63, 3.8) is 0 Å². The zero-order valence-corrected chi connectivity index (χ0v) is 8.04. The first-order chi connectivity index (χ1) is 5.43. The second-order valence-corrected chi connectivity index (χ2v) is 4.19. The number of nitrogens with one attached hydrogen (secondary N) is 2. The SMILES string of the molecule is CNCCNCC1CCSC1. The van der Waals surface area contributed by atoms with E-state index in [1.165, 1.54) is 24.5 Å². The maximum absolute atomic E-state index is 3.45. The first-order valence-electron chi connectivity index (χ1n) is 4.36. The number of hydrogen-bond donors (Lipinski definition) is 2. The molecule has 0 saturated carbocycles. The molecule has 2 N–H and O–H groups in total. The highest BCUT2D eigenvalue weighted by Crippen LogP contribution is 2.22. The van der Waals surface area contributed by atoms with E-state index in [4.69, 9.17) is 0 Å². The minimum Gasteiger partial charge on any atom is -0.318 e.